The van der Waals surface area contributed by atoms with Crippen molar-refractivity contribution in [2.45, 2.75) is 35.7 Å². The lowest BCUT2D eigenvalue weighted by Crippen LogP contribution is -2.31. The normalized spacial score (nSPS) is 17.1. The van der Waals surface area contributed by atoms with Crippen LogP contribution < -0.4 is 11.1 Å². The smallest absolute Gasteiger partial charge is 0.103 e. The van der Waals surface area contributed by atoms with Crippen LogP contribution in [-0.2, 0) is 0 Å². The number of nitrogens with two attached hydrogens (primary N) is 1. The van der Waals surface area contributed by atoms with E-state index in [1.54, 1.807) is 18.0 Å². The monoisotopic (exact) mass is 405 g/mol. The predicted octanol–water partition coefficient (Wildman–Crippen LogP) is 3.56. The minimum Gasteiger partial charge on any atom is -0.396 e. The fourth-order valence-electron chi connectivity index (χ4n) is 3.72. The van der Waals surface area contributed by atoms with Crippen LogP contribution >= 0.6 is 11.8 Å². The lowest BCUT2D eigenvalue weighted by Gasteiger charge is -2.22. The van der Waals surface area contributed by atoms with E-state index in [2.05, 4.69) is 43.5 Å². The van der Waals surface area contributed by atoms with E-state index in [4.69, 9.17) is 5.73 Å². The van der Waals surface area contributed by atoms with Gasteiger partial charge in [-0.25, -0.2) is 9.50 Å². The number of nitrogens with one attached hydrogen (secondary N) is 1. The topological polar surface area (TPSA) is 86.1 Å². The van der Waals surface area contributed by atoms with Gasteiger partial charge >= 0.3 is 0 Å². The first-order chi connectivity index (χ1) is 14.2. The van der Waals surface area contributed by atoms with Crippen molar-refractivity contribution in [2.75, 3.05) is 18.8 Å². The minimum absolute atomic E-state index is 0.409. The number of nitrogen functional groups attached to an aromatic ring is 1. The van der Waals surface area contributed by atoms with E-state index in [0.29, 0.717) is 11.7 Å². The van der Waals surface area contributed by atoms with Gasteiger partial charge in [0, 0.05) is 41.2 Å². The molecule has 1 aliphatic heterocycles. The Morgan fingerprint density at radius 1 is 1.14 bits per heavy atom. The Labute approximate surface area is 173 Å². The van der Waals surface area contributed by atoms with Crippen LogP contribution in [0.15, 0.2) is 59.1 Å². The van der Waals surface area contributed by atoms with Gasteiger partial charge in [-0.05, 0) is 44.0 Å². The summed E-state index contributed by atoms with van der Waals surface area (Å²) in [6.07, 6.45) is 12.0. The SMILES string of the molecule is Cc1ccc(Sc2cc(-c3cnn(C4CCCNC4)c3)cn3ncc(N)c23)nc1. The summed E-state index contributed by atoms with van der Waals surface area (Å²) in [4.78, 5) is 5.56. The predicted molar refractivity (Wildman–Crippen MR) is 115 cm³/mol. The van der Waals surface area contributed by atoms with Gasteiger partial charge in [-0.3, -0.25) is 4.68 Å². The van der Waals surface area contributed by atoms with Gasteiger partial charge in [0.05, 0.1) is 24.1 Å². The molecule has 0 radical (unpaired) electrons. The average molecular weight is 406 g/mol. The number of piperidine rings is 1. The van der Waals surface area contributed by atoms with Crippen molar-refractivity contribution < 1.29 is 0 Å². The fourth-order valence-corrected chi connectivity index (χ4v) is 4.68. The van der Waals surface area contributed by atoms with Crippen molar-refractivity contribution in [3.8, 4) is 11.1 Å². The highest BCUT2D eigenvalue weighted by Crippen LogP contribution is 2.36. The van der Waals surface area contributed by atoms with Crippen LogP contribution in [-0.4, -0.2) is 37.5 Å². The Kier molecular flexibility index (Phi) is 4.73. The van der Waals surface area contributed by atoms with E-state index >= 15 is 0 Å². The van der Waals surface area contributed by atoms with E-state index in [0.717, 1.165) is 51.6 Å². The molecule has 29 heavy (non-hydrogen) atoms. The quantitative estimate of drug-likeness (QED) is 0.540. The first-order valence-corrected chi connectivity index (χ1v) is 10.6. The molecule has 7 nitrogen and oxygen atoms in total. The Balaban J connectivity index is 1.53. The number of aromatic nitrogens is 5. The van der Waals surface area contributed by atoms with Crippen molar-refractivity contribution in [1.29, 1.82) is 0 Å². The van der Waals surface area contributed by atoms with Gasteiger partial charge in [-0.1, -0.05) is 17.8 Å². The Morgan fingerprint density at radius 3 is 2.86 bits per heavy atom. The zero-order valence-corrected chi connectivity index (χ0v) is 17.1. The highest BCUT2D eigenvalue weighted by Gasteiger charge is 2.17. The zero-order valence-electron chi connectivity index (χ0n) is 16.2. The first kappa shape index (κ1) is 18.2. The molecule has 5 heterocycles. The van der Waals surface area contributed by atoms with Crippen LogP contribution in [0.2, 0.25) is 0 Å². The maximum absolute atomic E-state index is 6.20. The van der Waals surface area contributed by atoms with Gasteiger partial charge < -0.3 is 11.1 Å². The molecular formula is C21H23N7S. The third kappa shape index (κ3) is 3.61. The van der Waals surface area contributed by atoms with Gasteiger partial charge in [0.1, 0.15) is 10.5 Å². The molecule has 1 unspecified atom stereocenters. The van der Waals surface area contributed by atoms with E-state index in [1.807, 2.05) is 36.1 Å². The van der Waals surface area contributed by atoms with Crippen LogP contribution in [0.4, 0.5) is 5.69 Å². The number of fused-ring (bicyclic) bond motifs is 1. The highest BCUT2D eigenvalue weighted by molar-refractivity contribution is 7.99. The summed E-state index contributed by atoms with van der Waals surface area (Å²) in [7, 11) is 0. The third-order valence-corrected chi connectivity index (χ3v) is 6.27. The number of aryl methyl sites for hydroxylation is 1. The van der Waals surface area contributed by atoms with Crippen molar-refractivity contribution in [3.63, 3.8) is 0 Å². The molecule has 1 atom stereocenters. The van der Waals surface area contributed by atoms with E-state index < -0.39 is 0 Å². The number of hydrogen-bond acceptors (Lipinski definition) is 6. The molecule has 0 aliphatic carbocycles. The molecule has 1 aliphatic rings. The van der Waals surface area contributed by atoms with Crippen LogP contribution in [0.5, 0.6) is 0 Å². The molecule has 148 valence electrons. The molecular weight excluding hydrogens is 382 g/mol. The van der Waals surface area contributed by atoms with Gasteiger partial charge in [0.25, 0.3) is 0 Å². The molecule has 0 saturated carbocycles. The Hall–Kier alpha value is -2.84. The van der Waals surface area contributed by atoms with Crippen molar-refractivity contribution >= 4 is 23.0 Å². The lowest BCUT2D eigenvalue weighted by molar-refractivity contribution is 0.347. The summed E-state index contributed by atoms with van der Waals surface area (Å²) in [6.45, 7) is 4.10. The molecule has 3 N–H and O–H groups in total. The molecule has 0 aromatic carbocycles. The molecule has 0 bridgehead atoms. The molecule has 1 fully saturated rings. The van der Waals surface area contributed by atoms with Gasteiger partial charge in [0.2, 0.25) is 0 Å². The molecule has 4 aromatic rings. The Bertz CT molecular complexity index is 1140. The largest absolute Gasteiger partial charge is 0.396 e. The van der Waals surface area contributed by atoms with E-state index in [-0.39, 0.29) is 0 Å². The Morgan fingerprint density at radius 2 is 2.07 bits per heavy atom. The summed E-state index contributed by atoms with van der Waals surface area (Å²) in [6, 6.07) is 6.66. The summed E-state index contributed by atoms with van der Waals surface area (Å²) in [5, 5.41) is 13.4. The second-order valence-electron chi connectivity index (χ2n) is 7.47. The summed E-state index contributed by atoms with van der Waals surface area (Å²) in [5.74, 6) is 0. The van der Waals surface area contributed by atoms with Crippen molar-refractivity contribution in [3.05, 3.63) is 54.7 Å². The molecule has 4 aromatic heterocycles. The summed E-state index contributed by atoms with van der Waals surface area (Å²) in [5.41, 5.74) is 11.0. The minimum atomic E-state index is 0.409. The van der Waals surface area contributed by atoms with Crippen molar-refractivity contribution in [2.24, 2.45) is 0 Å². The summed E-state index contributed by atoms with van der Waals surface area (Å²) >= 11 is 1.60. The molecule has 0 amide bonds. The van der Waals surface area contributed by atoms with E-state index in [9.17, 15) is 0 Å². The van der Waals surface area contributed by atoms with Crippen molar-refractivity contribution in [1.82, 2.24) is 29.7 Å². The van der Waals surface area contributed by atoms with Crippen LogP contribution in [0.3, 0.4) is 0 Å². The molecule has 1 saturated heterocycles. The third-order valence-electron chi connectivity index (χ3n) is 5.28. The van der Waals surface area contributed by atoms with Crippen LogP contribution in [0, 0.1) is 6.92 Å². The van der Waals surface area contributed by atoms with Gasteiger partial charge in [-0.2, -0.15) is 10.2 Å². The number of anilines is 1. The maximum atomic E-state index is 6.20. The van der Waals surface area contributed by atoms with Crippen LogP contribution in [0.25, 0.3) is 16.6 Å². The van der Waals surface area contributed by atoms with E-state index in [1.165, 1.54) is 6.42 Å². The number of nitrogens with zero attached hydrogens (tertiary/aromatic N) is 5. The molecule has 0 spiro atoms. The fraction of sp³-hybridized carbons (Fsp3) is 0.286. The first-order valence-electron chi connectivity index (χ1n) is 9.80. The maximum Gasteiger partial charge on any atom is 0.103 e. The van der Waals surface area contributed by atoms with Gasteiger partial charge in [0.15, 0.2) is 0 Å². The summed E-state index contributed by atoms with van der Waals surface area (Å²) < 4.78 is 3.93. The number of hydrogen-bond donors (Lipinski definition) is 2. The zero-order chi connectivity index (χ0) is 19.8. The number of pyridine rings is 2. The molecule has 5 rings (SSSR count). The second-order valence-corrected chi connectivity index (χ2v) is 8.53. The lowest BCUT2D eigenvalue weighted by atomic mass is 10.1. The molecule has 8 heteroatoms. The second kappa shape index (κ2) is 7.53. The standard InChI is InChI=1S/C21H23N7S/c1-14-4-5-20(24-8-14)29-19-7-15(12-28-21(19)18(22)11-26-28)16-9-25-27(13-16)17-3-2-6-23-10-17/h4-5,7-9,11-13,17,23H,2-3,6,10,22H2,1H3. The van der Waals surface area contributed by atoms with Gasteiger partial charge in [-0.15, -0.1) is 0 Å². The highest BCUT2D eigenvalue weighted by atomic mass is 32.2. The van der Waals surface area contributed by atoms with Crippen LogP contribution in [0.1, 0.15) is 24.4 Å². The average Bonchev–Trinajstić information content (AvgIpc) is 3.38. The number of rotatable bonds is 4.